The number of benzene rings is 1. The summed E-state index contributed by atoms with van der Waals surface area (Å²) in [6.07, 6.45) is 2.16. The molecule has 106 valence electrons. The molecule has 2 saturated heterocycles. The van der Waals surface area contributed by atoms with Crippen molar-refractivity contribution in [1.29, 1.82) is 0 Å². The largest absolute Gasteiger partial charge is 0.458 e. The molecule has 1 amide bonds. The van der Waals surface area contributed by atoms with Gasteiger partial charge in [-0.3, -0.25) is 4.79 Å². The van der Waals surface area contributed by atoms with Crippen molar-refractivity contribution in [2.75, 3.05) is 0 Å². The Labute approximate surface area is 117 Å². The summed E-state index contributed by atoms with van der Waals surface area (Å²) in [7, 11) is 0. The summed E-state index contributed by atoms with van der Waals surface area (Å²) in [4.78, 5) is 23.8. The summed E-state index contributed by atoms with van der Waals surface area (Å²) in [6, 6.07) is 9.19. The third-order valence-corrected chi connectivity index (χ3v) is 4.22. The van der Waals surface area contributed by atoms with Gasteiger partial charge in [-0.2, -0.15) is 0 Å². The Morgan fingerprint density at radius 3 is 2.65 bits per heavy atom. The molecule has 3 rings (SSSR count). The Kier molecular flexibility index (Phi) is 3.44. The van der Waals surface area contributed by atoms with Gasteiger partial charge in [-0.15, -0.1) is 0 Å². The fourth-order valence-corrected chi connectivity index (χ4v) is 3.29. The fourth-order valence-electron chi connectivity index (χ4n) is 3.29. The van der Waals surface area contributed by atoms with E-state index in [2.05, 4.69) is 5.32 Å². The molecule has 20 heavy (non-hydrogen) atoms. The van der Waals surface area contributed by atoms with Crippen molar-refractivity contribution in [2.24, 2.45) is 11.7 Å². The van der Waals surface area contributed by atoms with Crippen molar-refractivity contribution in [3.8, 4) is 0 Å². The molecule has 5 nitrogen and oxygen atoms in total. The van der Waals surface area contributed by atoms with E-state index in [1.807, 2.05) is 6.07 Å². The molecule has 4 atom stereocenters. The second-order valence-electron chi connectivity index (χ2n) is 5.52. The van der Waals surface area contributed by atoms with Crippen molar-refractivity contribution in [3.63, 3.8) is 0 Å². The second-order valence-corrected chi connectivity index (χ2v) is 5.52. The Hall–Kier alpha value is -1.88. The first-order valence-electron chi connectivity index (χ1n) is 6.96. The van der Waals surface area contributed by atoms with Crippen LogP contribution in [0, 0.1) is 5.92 Å². The van der Waals surface area contributed by atoms with Crippen molar-refractivity contribution in [2.45, 2.75) is 37.5 Å². The topological polar surface area (TPSA) is 81.4 Å². The highest BCUT2D eigenvalue weighted by molar-refractivity contribution is 5.90. The minimum atomic E-state index is -0.429. The van der Waals surface area contributed by atoms with E-state index < -0.39 is 17.9 Å². The molecule has 2 fully saturated rings. The van der Waals surface area contributed by atoms with E-state index in [0.29, 0.717) is 18.0 Å². The zero-order chi connectivity index (χ0) is 14.1. The molecule has 0 saturated carbocycles. The summed E-state index contributed by atoms with van der Waals surface area (Å²) in [5.41, 5.74) is 5.99. The molecule has 3 N–H and O–H groups in total. The van der Waals surface area contributed by atoms with Gasteiger partial charge in [-0.25, -0.2) is 4.79 Å². The molecule has 2 aliphatic rings. The average Bonchev–Trinajstić information content (AvgIpc) is 2.81. The number of rotatable bonds is 3. The highest BCUT2D eigenvalue weighted by Gasteiger charge is 2.46. The normalized spacial score (nSPS) is 31.8. The van der Waals surface area contributed by atoms with Gasteiger partial charge in [-0.1, -0.05) is 18.2 Å². The number of hydrogen-bond acceptors (Lipinski definition) is 4. The zero-order valence-electron chi connectivity index (χ0n) is 11.1. The molecule has 1 aromatic rings. The van der Waals surface area contributed by atoms with Crippen LogP contribution in [0.25, 0.3) is 0 Å². The van der Waals surface area contributed by atoms with E-state index in [0.717, 1.165) is 12.8 Å². The Balaban J connectivity index is 1.75. The molecule has 2 bridgehead atoms. The first-order chi connectivity index (χ1) is 9.65. The van der Waals surface area contributed by atoms with Gasteiger partial charge in [0.25, 0.3) is 0 Å². The third kappa shape index (κ3) is 2.41. The maximum Gasteiger partial charge on any atom is 0.338 e. The predicted molar refractivity (Wildman–Crippen MR) is 72.9 cm³/mol. The van der Waals surface area contributed by atoms with Crippen LogP contribution in [-0.4, -0.2) is 30.1 Å². The van der Waals surface area contributed by atoms with E-state index in [9.17, 15) is 9.59 Å². The van der Waals surface area contributed by atoms with Gasteiger partial charge < -0.3 is 15.8 Å². The SMILES string of the molecule is NC(=O)[C@H]1[C@@H]2CC[C@H](C[C@H]1OC(=O)c1ccccc1)N2. The van der Waals surface area contributed by atoms with Gasteiger partial charge in [0.2, 0.25) is 5.91 Å². The standard InChI is InChI=1S/C15H18N2O3/c16-14(18)13-11-7-6-10(17-11)8-12(13)20-15(19)9-4-2-1-3-5-9/h1-5,10-13,17H,6-8H2,(H2,16,18)/t10-,11+,12-,13+/m1/s1. The van der Waals surface area contributed by atoms with Crippen LogP contribution in [0.15, 0.2) is 30.3 Å². The molecule has 2 aliphatic heterocycles. The maximum atomic E-state index is 12.1. The van der Waals surface area contributed by atoms with E-state index in [1.165, 1.54) is 0 Å². The fraction of sp³-hybridized carbons (Fsp3) is 0.467. The van der Waals surface area contributed by atoms with Crippen LogP contribution >= 0.6 is 0 Å². The summed E-state index contributed by atoms with van der Waals surface area (Å²) in [5, 5.41) is 3.37. The number of nitrogens with two attached hydrogens (primary N) is 1. The number of esters is 1. The average molecular weight is 274 g/mol. The van der Waals surface area contributed by atoms with Gasteiger partial charge in [0.05, 0.1) is 11.5 Å². The van der Waals surface area contributed by atoms with Gasteiger partial charge in [0.1, 0.15) is 6.10 Å². The van der Waals surface area contributed by atoms with Gasteiger partial charge >= 0.3 is 5.97 Å². The molecule has 0 unspecified atom stereocenters. The molecule has 2 heterocycles. The lowest BCUT2D eigenvalue weighted by Crippen LogP contribution is -2.54. The van der Waals surface area contributed by atoms with Crippen molar-refractivity contribution in [3.05, 3.63) is 35.9 Å². The number of ether oxygens (including phenoxy) is 1. The molecule has 0 aliphatic carbocycles. The Morgan fingerprint density at radius 1 is 1.20 bits per heavy atom. The van der Waals surface area contributed by atoms with Crippen molar-refractivity contribution >= 4 is 11.9 Å². The highest BCUT2D eigenvalue weighted by atomic mass is 16.5. The minimum Gasteiger partial charge on any atom is -0.458 e. The molecule has 0 spiro atoms. The lowest BCUT2D eigenvalue weighted by Gasteiger charge is -2.35. The number of primary amides is 1. The molecule has 0 aromatic heterocycles. The zero-order valence-corrected chi connectivity index (χ0v) is 11.1. The van der Waals surface area contributed by atoms with Gasteiger partial charge in [0, 0.05) is 18.5 Å². The second kappa shape index (κ2) is 5.25. The lowest BCUT2D eigenvalue weighted by molar-refractivity contribution is -0.128. The van der Waals surface area contributed by atoms with E-state index >= 15 is 0 Å². The summed E-state index contributed by atoms with van der Waals surface area (Å²) >= 11 is 0. The number of hydrogen-bond donors (Lipinski definition) is 2. The van der Waals surface area contributed by atoms with Gasteiger partial charge in [-0.05, 0) is 25.0 Å². The highest BCUT2D eigenvalue weighted by Crippen LogP contribution is 2.33. The maximum absolute atomic E-state index is 12.1. The summed E-state index contributed by atoms with van der Waals surface area (Å²) in [5.74, 6) is -1.21. The molecule has 0 radical (unpaired) electrons. The third-order valence-electron chi connectivity index (χ3n) is 4.22. The van der Waals surface area contributed by atoms with Crippen LogP contribution in [-0.2, 0) is 9.53 Å². The number of amides is 1. The lowest BCUT2D eigenvalue weighted by atomic mass is 9.88. The predicted octanol–water partition coefficient (Wildman–Crippen LogP) is 0.838. The summed E-state index contributed by atoms with van der Waals surface area (Å²) < 4.78 is 5.55. The number of carbonyl (C=O) groups excluding carboxylic acids is 2. The molecule has 1 aromatic carbocycles. The Morgan fingerprint density at radius 2 is 1.95 bits per heavy atom. The van der Waals surface area contributed by atoms with Crippen LogP contribution in [0.4, 0.5) is 0 Å². The summed E-state index contributed by atoms with van der Waals surface area (Å²) in [6.45, 7) is 0. The van der Waals surface area contributed by atoms with E-state index in [1.54, 1.807) is 24.3 Å². The van der Waals surface area contributed by atoms with Crippen molar-refractivity contribution < 1.29 is 14.3 Å². The number of fused-ring (bicyclic) bond motifs is 2. The van der Waals surface area contributed by atoms with Crippen LogP contribution < -0.4 is 11.1 Å². The van der Waals surface area contributed by atoms with Crippen molar-refractivity contribution in [1.82, 2.24) is 5.32 Å². The van der Waals surface area contributed by atoms with E-state index in [-0.39, 0.29) is 12.0 Å². The van der Waals surface area contributed by atoms with Crippen LogP contribution in [0.1, 0.15) is 29.6 Å². The monoisotopic (exact) mass is 274 g/mol. The van der Waals surface area contributed by atoms with Gasteiger partial charge in [0.15, 0.2) is 0 Å². The molecular formula is C15H18N2O3. The number of carbonyl (C=O) groups is 2. The first kappa shape index (κ1) is 13.1. The minimum absolute atomic E-state index is 0.0415. The smallest absolute Gasteiger partial charge is 0.338 e. The quantitative estimate of drug-likeness (QED) is 0.800. The van der Waals surface area contributed by atoms with E-state index in [4.69, 9.17) is 10.5 Å². The number of piperidine rings is 1. The van der Waals surface area contributed by atoms with Crippen LogP contribution in [0.3, 0.4) is 0 Å². The van der Waals surface area contributed by atoms with Crippen LogP contribution in [0.2, 0.25) is 0 Å². The molecular weight excluding hydrogens is 256 g/mol. The molecule has 5 heteroatoms. The number of nitrogens with one attached hydrogen (secondary N) is 1. The Bertz CT molecular complexity index is 517. The van der Waals surface area contributed by atoms with Crippen LogP contribution in [0.5, 0.6) is 0 Å². The first-order valence-corrected chi connectivity index (χ1v) is 6.96.